The van der Waals surface area contributed by atoms with Gasteiger partial charge in [0, 0.05) is 18.1 Å². The van der Waals surface area contributed by atoms with Gasteiger partial charge in [0.2, 0.25) is 0 Å². The molecular formula is C12H12Cl2N2O3. The summed E-state index contributed by atoms with van der Waals surface area (Å²) in [5.41, 5.74) is 0. The first kappa shape index (κ1) is 14.0. The molecule has 0 aliphatic carbocycles. The molecule has 0 aromatic heterocycles. The minimum Gasteiger partial charge on any atom is -0.479 e. The fourth-order valence-corrected chi connectivity index (χ4v) is 2.17. The molecule has 102 valence electrons. The van der Waals surface area contributed by atoms with Crippen LogP contribution in [0.4, 0.5) is 4.79 Å². The Morgan fingerprint density at radius 2 is 2.21 bits per heavy atom. The summed E-state index contributed by atoms with van der Waals surface area (Å²) >= 11 is 11.7. The standard InChI is InChI=1S/C12H12Cl2N2O3/c1-7(11(17)16-5-4-15-12(16)18)19-10-3-2-8(13)6-9(10)14/h2-3,6-7H,4-5H2,1H3,(H,15,18). The number of imide groups is 1. The van der Waals surface area contributed by atoms with E-state index in [1.54, 1.807) is 19.1 Å². The van der Waals surface area contributed by atoms with Crippen molar-refractivity contribution in [2.24, 2.45) is 0 Å². The Hall–Kier alpha value is -1.46. The highest BCUT2D eigenvalue weighted by molar-refractivity contribution is 6.35. The number of hydrogen-bond acceptors (Lipinski definition) is 3. The Kier molecular flexibility index (Phi) is 4.17. The van der Waals surface area contributed by atoms with Crippen LogP contribution in [0, 0.1) is 0 Å². The summed E-state index contributed by atoms with van der Waals surface area (Å²) in [6.45, 7) is 2.37. The number of rotatable bonds is 3. The zero-order chi connectivity index (χ0) is 14.0. The number of nitrogens with one attached hydrogen (secondary N) is 1. The molecule has 1 aromatic rings. The highest BCUT2D eigenvalue weighted by atomic mass is 35.5. The molecule has 2 rings (SSSR count). The van der Waals surface area contributed by atoms with E-state index in [0.717, 1.165) is 4.90 Å². The molecule has 1 aliphatic rings. The summed E-state index contributed by atoms with van der Waals surface area (Å²) in [5.74, 6) is -0.0486. The molecule has 0 radical (unpaired) electrons. The number of carbonyl (C=O) groups is 2. The molecule has 1 N–H and O–H groups in total. The smallest absolute Gasteiger partial charge is 0.324 e. The van der Waals surface area contributed by atoms with E-state index in [2.05, 4.69) is 5.32 Å². The van der Waals surface area contributed by atoms with Crippen LogP contribution < -0.4 is 10.1 Å². The average Bonchev–Trinajstić information content (AvgIpc) is 2.78. The summed E-state index contributed by atoms with van der Waals surface area (Å²) in [6.07, 6.45) is -0.803. The van der Waals surface area contributed by atoms with E-state index in [1.165, 1.54) is 6.07 Å². The number of amides is 3. The van der Waals surface area contributed by atoms with Gasteiger partial charge in [-0.05, 0) is 25.1 Å². The van der Waals surface area contributed by atoms with E-state index in [-0.39, 0.29) is 0 Å². The number of hydrogen-bond donors (Lipinski definition) is 1. The third-order valence-corrected chi connectivity index (χ3v) is 3.20. The fraction of sp³-hybridized carbons (Fsp3) is 0.333. The Bertz CT molecular complexity index is 522. The number of ether oxygens (including phenoxy) is 1. The van der Waals surface area contributed by atoms with Crippen LogP contribution in [0.3, 0.4) is 0 Å². The van der Waals surface area contributed by atoms with E-state index >= 15 is 0 Å². The molecule has 1 atom stereocenters. The summed E-state index contributed by atoms with van der Waals surface area (Å²) in [6, 6.07) is 4.32. The molecule has 0 saturated carbocycles. The first-order chi connectivity index (χ1) is 8.99. The van der Waals surface area contributed by atoms with Crippen molar-refractivity contribution in [2.75, 3.05) is 13.1 Å². The molecular weight excluding hydrogens is 291 g/mol. The van der Waals surface area contributed by atoms with Crippen molar-refractivity contribution in [3.05, 3.63) is 28.2 Å². The van der Waals surface area contributed by atoms with Crippen molar-refractivity contribution in [1.29, 1.82) is 0 Å². The van der Waals surface area contributed by atoms with Gasteiger partial charge in [0.05, 0.1) is 5.02 Å². The van der Waals surface area contributed by atoms with Gasteiger partial charge >= 0.3 is 6.03 Å². The van der Waals surface area contributed by atoms with Gasteiger partial charge < -0.3 is 10.1 Å². The summed E-state index contributed by atoms with van der Waals surface area (Å²) < 4.78 is 5.46. The summed E-state index contributed by atoms with van der Waals surface area (Å²) in [7, 11) is 0. The molecule has 0 spiro atoms. The molecule has 3 amide bonds. The predicted octanol–water partition coefficient (Wildman–Crippen LogP) is 2.31. The van der Waals surface area contributed by atoms with Crippen molar-refractivity contribution in [3.8, 4) is 5.75 Å². The van der Waals surface area contributed by atoms with Crippen LogP contribution in [0.2, 0.25) is 10.0 Å². The Morgan fingerprint density at radius 1 is 1.47 bits per heavy atom. The Balaban J connectivity index is 2.06. The SMILES string of the molecule is CC(Oc1ccc(Cl)cc1Cl)C(=O)N1CCNC1=O. The first-order valence-electron chi connectivity index (χ1n) is 5.70. The van der Waals surface area contributed by atoms with Crippen LogP contribution in [-0.4, -0.2) is 36.0 Å². The highest BCUT2D eigenvalue weighted by Crippen LogP contribution is 2.28. The van der Waals surface area contributed by atoms with Crippen LogP contribution in [0.25, 0.3) is 0 Å². The van der Waals surface area contributed by atoms with Gasteiger partial charge in [-0.15, -0.1) is 0 Å². The summed E-state index contributed by atoms with van der Waals surface area (Å²) in [5, 5.41) is 3.35. The van der Waals surface area contributed by atoms with Crippen molar-refractivity contribution < 1.29 is 14.3 Å². The number of urea groups is 1. The van der Waals surface area contributed by atoms with Gasteiger partial charge in [-0.3, -0.25) is 9.69 Å². The number of carbonyl (C=O) groups excluding carboxylic acids is 2. The normalized spacial score (nSPS) is 16.2. The predicted molar refractivity (Wildman–Crippen MR) is 71.7 cm³/mol. The number of benzene rings is 1. The average molecular weight is 303 g/mol. The van der Waals surface area contributed by atoms with E-state index in [1.807, 2.05) is 0 Å². The van der Waals surface area contributed by atoms with Crippen molar-refractivity contribution in [2.45, 2.75) is 13.0 Å². The third kappa shape index (κ3) is 3.11. The zero-order valence-electron chi connectivity index (χ0n) is 10.2. The Morgan fingerprint density at radius 3 is 2.79 bits per heavy atom. The van der Waals surface area contributed by atoms with E-state index < -0.39 is 18.0 Å². The van der Waals surface area contributed by atoms with E-state index in [4.69, 9.17) is 27.9 Å². The van der Waals surface area contributed by atoms with Gasteiger partial charge in [-0.25, -0.2) is 4.79 Å². The van der Waals surface area contributed by atoms with Crippen LogP contribution in [-0.2, 0) is 4.79 Å². The first-order valence-corrected chi connectivity index (χ1v) is 6.45. The topological polar surface area (TPSA) is 58.6 Å². The molecule has 1 aliphatic heterocycles. The lowest BCUT2D eigenvalue weighted by atomic mass is 10.3. The second-order valence-corrected chi connectivity index (χ2v) is 4.90. The lowest BCUT2D eigenvalue weighted by molar-refractivity contribution is -0.134. The number of nitrogens with zero attached hydrogens (tertiary/aromatic N) is 1. The second-order valence-electron chi connectivity index (χ2n) is 4.06. The van der Waals surface area contributed by atoms with Crippen LogP contribution >= 0.6 is 23.2 Å². The molecule has 1 unspecified atom stereocenters. The zero-order valence-corrected chi connectivity index (χ0v) is 11.7. The maximum atomic E-state index is 12.0. The minimum absolute atomic E-state index is 0.318. The minimum atomic E-state index is -0.803. The van der Waals surface area contributed by atoms with Crippen LogP contribution in [0.5, 0.6) is 5.75 Å². The molecule has 1 aromatic carbocycles. The quantitative estimate of drug-likeness (QED) is 0.932. The fourth-order valence-electron chi connectivity index (χ4n) is 1.71. The van der Waals surface area contributed by atoms with Crippen molar-refractivity contribution >= 4 is 35.1 Å². The largest absolute Gasteiger partial charge is 0.479 e. The Labute approximate surface area is 120 Å². The van der Waals surface area contributed by atoms with Gasteiger partial charge in [0.25, 0.3) is 5.91 Å². The lowest BCUT2D eigenvalue weighted by Crippen LogP contribution is -2.42. The monoisotopic (exact) mass is 302 g/mol. The third-order valence-electron chi connectivity index (χ3n) is 2.67. The number of halogens is 2. The molecule has 5 nitrogen and oxygen atoms in total. The van der Waals surface area contributed by atoms with E-state index in [0.29, 0.717) is 28.9 Å². The molecule has 1 saturated heterocycles. The van der Waals surface area contributed by atoms with Crippen LogP contribution in [0.15, 0.2) is 18.2 Å². The summed E-state index contributed by atoms with van der Waals surface area (Å²) in [4.78, 5) is 24.5. The van der Waals surface area contributed by atoms with E-state index in [9.17, 15) is 9.59 Å². The molecule has 1 heterocycles. The highest BCUT2D eigenvalue weighted by Gasteiger charge is 2.30. The van der Waals surface area contributed by atoms with Gasteiger partial charge in [-0.1, -0.05) is 23.2 Å². The van der Waals surface area contributed by atoms with Crippen molar-refractivity contribution in [3.63, 3.8) is 0 Å². The lowest BCUT2D eigenvalue weighted by Gasteiger charge is -2.19. The van der Waals surface area contributed by atoms with Gasteiger partial charge in [0.15, 0.2) is 6.10 Å². The second kappa shape index (κ2) is 5.67. The van der Waals surface area contributed by atoms with Crippen LogP contribution in [0.1, 0.15) is 6.92 Å². The molecule has 0 bridgehead atoms. The molecule has 19 heavy (non-hydrogen) atoms. The van der Waals surface area contributed by atoms with Gasteiger partial charge in [0.1, 0.15) is 5.75 Å². The van der Waals surface area contributed by atoms with Gasteiger partial charge in [-0.2, -0.15) is 0 Å². The maximum absolute atomic E-state index is 12.0. The maximum Gasteiger partial charge on any atom is 0.324 e. The van der Waals surface area contributed by atoms with Crippen molar-refractivity contribution in [1.82, 2.24) is 10.2 Å². The molecule has 7 heteroatoms. The molecule has 1 fully saturated rings.